The van der Waals surface area contributed by atoms with E-state index in [1.54, 1.807) is 6.07 Å². The minimum absolute atomic E-state index is 0.00726. The standard InChI is InChI=1S/C15H16FN5O2/c16-11-9-10(21-7-5-18-6-8-21)1-2-13(11)23-15-19-4-3-12(20-15)14(17)22/h1-4,9,18H,5-8H2,(H2,17,22). The first-order valence-electron chi connectivity index (χ1n) is 7.19. The summed E-state index contributed by atoms with van der Waals surface area (Å²) in [6, 6.07) is 5.95. The number of amides is 1. The van der Waals surface area contributed by atoms with Gasteiger partial charge in [-0.15, -0.1) is 0 Å². The predicted molar refractivity (Wildman–Crippen MR) is 82.1 cm³/mol. The number of primary amides is 1. The maximum atomic E-state index is 14.2. The van der Waals surface area contributed by atoms with Crippen molar-refractivity contribution >= 4 is 11.6 Å². The average molecular weight is 317 g/mol. The molecule has 1 aromatic heterocycles. The van der Waals surface area contributed by atoms with Gasteiger partial charge in [0.15, 0.2) is 11.6 Å². The summed E-state index contributed by atoms with van der Waals surface area (Å²) in [5.41, 5.74) is 5.94. The van der Waals surface area contributed by atoms with Crippen molar-refractivity contribution in [3.63, 3.8) is 0 Å². The second-order valence-electron chi connectivity index (χ2n) is 5.04. The Morgan fingerprint density at radius 1 is 1.30 bits per heavy atom. The first-order valence-corrected chi connectivity index (χ1v) is 7.19. The lowest BCUT2D eigenvalue weighted by molar-refractivity contribution is 0.0994. The summed E-state index contributed by atoms with van der Waals surface area (Å²) in [7, 11) is 0. The van der Waals surface area contributed by atoms with E-state index in [9.17, 15) is 9.18 Å². The zero-order valence-electron chi connectivity index (χ0n) is 12.3. The van der Waals surface area contributed by atoms with Crippen LogP contribution in [0.1, 0.15) is 10.5 Å². The van der Waals surface area contributed by atoms with Gasteiger partial charge in [-0.3, -0.25) is 4.79 Å². The molecule has 3 rings (SSSR count). The number of nitrogens with two attached hydrogens (primary N) is 1. The Morgan fingerprint density at radius 2 is 2.09 bits per heavy atom. The summed E-state index contributed by atoms with van der Waals surface area (Å²) in [5.74, 6) is -1.23. The third-order valence-corrected chi connectivity index (χ3v) is 3.48. The van der Waals surface area contributed by atoms with E-state index in [4.69, 9.17) is 10.5 Å². The molecular formula is C15H16FN5O2. The van der Waals surface area contributed by atoms with Crippen molar-refractivity contribution in [3.8, 4) is 11.8 Å². The van der Waals surface area contributed by atoms with Gasteiger partial charge >= 0.3 is 6.01 Å². The van der Waals surface area contributed by atoms with E-state index >= 15 is 0 Å². The largest absolute Gasteiger partial charge is 0.421 e. The molecule has 23 heavy (non-hydrogen) atoms. The summed E-state index contributed by atoms with van der Waals surface area (Å²) in [6.45, 7) is 3.38. The van der Waals surface area contributed by atoms with Crippen LogP contribution in [0.4, 0.5) is 10.1 Å². The highest BCUT2D eigenvalue weighted by molar-refractivity contribution is 5.90. The summed E-state index contributed by atoms with van der Waals surface area (Å²) in [4.78, 5) is 20.8. The average Bonchev–Trinajstić information content (AvgIpc) is 2.58. The lowest BCUT2D eigenvalue weighted by atomic mass is 10.2. The van der Waals surface area contributed by atoms with Crippen molar-refractivity contribution in [2.24, 2.45) is 5.73 Å². The van der Waals surface area contributed by atoms with Crippen LogP contribution in [0.15, 0.2) is 30.5 Å². The smallest absolute Gasteiger partial charge is 0.322 e. The second kappa shape index (κ2) is 6.57. The van der Waals surface area contributed by atoms with E-state index in [0.717, 1.165) is 31.9 Å². The summed E-state index contributed by atoms with van der Waals surface area (Å²) in [6.07, 6.45) is 1.33. The number of benzene rings is 1. The maximum Gasteiger partial charge on any atom is 0.322 e. The van der Waals surface area contributed by atoms with Crippen molar-refractivity contribution < 1.29 is 13.9 Å². The van der Waals surface area contributed by atoms with Crippen LogP contribution < -0.4 is 20.7 Å². The van der Waals surface area contributed by atoms with Gasteiger partial charge in [-0.2, -0.15) is 4.98 Å². The number of carbonyl (C=O) groups excluding carboxylic acids is 1. The third-order valence-electron chi connectivity index (χ3n) is 3.48. The van der Waals surface area contributed by atoms with Crippen molar-refractivity contribution in [3.05, 3.63) is 42.0 Å². The van der Waals surface area contributed by atoms with Gasteiger partial charge in [0, 0.05) is 44.1 Å². The van der Waals surface area contributed by atoms with Gasteiger partial charge in [-0.1, -0.05) is 0 Å². The molecule has 0 saturated carbocycles. The normalized spacial score (nSPS) is 14.6. The molecule has 0 aliphatic carbocycles. The molecule has 0 spiro atoms. The molecule has 120 valence electrons. The first kappa shape index (κ1) is 15.2. The molecule has 1 fully saturated rings. The fourth-order valence-electron chi connectivity index (χ4n) is 2.32. The third kappa shape index (κ3) is 3.54. The molecule has 1 aliphatic heterocycles. The highest BCUT2D eigenvalue weighted by Crippen LogP contribution is 2.26. The van der Waals surface area contributed by atoms with Gasteiger partial charge in [0.25, 0.3) is 5.91 Å². The monoisotopic (exact) mass is 317 g/mol. The second-order valence-corrected chi connectivity index (χ2v) is 5.04. The van der Waals surface area contributed by atoms with E-state index in [1.807, 2.05) is 0 Å². The molecular weight excluding hydrogens is 301 g/mol. The Hall–Kier alpha value is -2.74. The van der Waals surface area contributed by atoms with Gasteiger partial charge in [-0.05, 0) is 18.2 Å². The number of rotatable bonds is 4. The van der Waals surface area contributed by atoms with Gasteiger partial charge in [0.05, 0.1) is 0 Å². The fourth-order valence-corrected chi connectivity index (χ4v) is 2.32. The maximum absolute atomic E-state index is 14.2. The molecule has 1 aliphatic rings. The van der Waals surface area contributed by atoms with E-state index in [2.05, 4.69) is 20.2 Å². The van der Waals surface area contributed by atoms with E-state index in [-0.39, 0.29) is 17.5 Å². The van der Waals surface area contributed by atoms with Gasteiger partial charge in [0.2, 0.25) is 0 Å². The first-order chi connectivity index (χ1) is 11.1. The van der Waals surface area contributed by atoms with Gasteiger partial charge in [-0.25, -0.2) is 9.37 Å². The van der Waals surface area contributed by atoms with Crippen LogP contribution in [0.2, 0.25) is 0 Å². The van der Waals surface area contributed by atoms with Crippen LogP contribution in [0.5, 0.6) is 11.8 Å². The zero-order valence-corrected chi connectivity index (χ0v) is 12.3. The Morgan fingerprint density at radius 3 is 2.78 bits per heavy atom. The fraction of sp³-hybridized carbons (Fsp3) is 0.267. The lowest BCUT2D eigenvalue weighted by Crippen LogP contribution is -2.43. The number of ether oxygens (including phenoxy) is 1. The Balaban J connectivity index is 1.78. The number of halogens is 1. The van der Waals surface area contributed by atoms with E-state index < -0.39 is 11.7 Å². The molecule has 2 aromatic rings. The molecule has 0 radical (unpaired) electrons. The minimum atomic E-state index is -0.702. The molecule has 3 N–H and O–H groups in total. The SMILES string of the molecule is NC(=O)c1ccnc(Oc2ccc(N3CCNCC3)cc2F)n1. The molecule has 1 amide bonds. The molecule has 1 saturated heterocycles. The van der Waals surface area contributed by atoms with Crippen molar-refractivity contribution in [1.29, 1.82) is 0 Å². The lowest BCUT2D eigenvalue weighted by Gasteiger charge is -2.29. The van der Waals surface area contributed by atoms with Crippen molar-refractivity contribution in [1.82, 2.24) is 15.3 Å². The quantitative estimate of drug-likeness (QED) is 0.871. The summed E-state index contributed by atoms with van der Waals surface area (Å²) >= 11 is 0. The highest BCUT2D eigenvalue weighted by atomic mass is 19.1. The van der Waals surface area contributed by atoms with Crippen LogP contribution in [0.3, 0.4) is 0 Å². The van der Waals surface area contributed by atoms with Crippen LogP contribution in [-0.2, 0) is 0 Å². The van der Waals surface area contributed by atoms with Crippen LogP contribution in [-0.4, -0.2) is 42.1 Å². The van der Waals surface area contributed by atoms with Crippen LogP contribution in [0, 0.1) is 5.82 Å². The molecule has 2 heterocycles. The van der Waals surface area contributed by atoms with Crippen LogP contribution in [0.25, 0.3) is 0 Å². The topological polar surface area (TPSA) is 93.4 Å². The number of piperazine rings is 1. The number of carbonyl (C=O) groups is 1. The number of nitrogens with one attached hydrogen (secondary N) is 1. The molecule has 0 atom stereocenters. The highest BCUT2D eigenvalue weighted by Gasteiger charge is 2.14. The zero-order chi connectivity index (χ0) is 16.2. The summed E-state index contributed by atoms with van der Waals surface area (Å²) in [5, 5.41) is 3.24. The predicted octanol–water partition coefficient (Wildman–Crippen LogP) is 0.916. The minimum Gasteiger partial charge on any atom is -0.421 e. The number of nitrogens with zero attached hydrogens (tertiary/aromatic N) is 3. The Kier molecular flexibility index (Phi) is 4.33. The number of hydrogen-bond acceptors (Lipinski definition) is 6. The molecule has 1 aromatic carbocycles. The molecule has 8 heteroatoms. The number of hydrogen-bond donors (Lipinski definition) is 2. The van der Waals surface area contributed by atoms with E-state index in [1.165, 1.54) is 24.4 Å². The molecule has 7 nitrogen and oxygen atoms in total. The summed E-state index contributed by atoms with van der Waals surface area (Å²) < 4.78 is 19.5. The molecule has 0 unspecified atom stereocenters. The molecule has 0 bridgehead atoms. The number of aromatic nitrogens is 2. The number of anilines is 1. The van der Waals surface area contributed by atoms with Gasteiger partial charge in [0.1, 0.15) is 5.69 Å². The Bertz CT molecular complexity index is 719. The van der Waals surface area contributed by atoms with Crippen molar-refractivity contribution in [2.75, 3.05) is 31.1 Å². The Labute approximate surface area is 132 Å². The van der Waals surface area contributed by atoms with E-state index in [0.29, 0.717) is 0 Å². The van der Waals surface area contributed by atoms with Crippen LogP contribution >= 0.6 is 0 Å². The van der Waals surface area contributed by atoms with Gasteiger partial charge < -0.3 is 20.7 Å². The van der Waals surface area contributed by atoms with Crippen molar-refractivity contribution in [2.45, 2.75) is 0 Å².